The maximum absolute atomic E-state index is 5.52. The first kappa shape index (κ1) is 15.1. The summed E-state index contributed by atoms with van der Waals surface area (Å²) >= 11 is 0. The fourth-order valence-electron chi connectivity index (χ4n) is 3.92. The van der Waals surface area contributed by atoms with Crippen LogP contribution in [0.5, 0.6) is 0 Å². The van der Waals surface area contributed by atoms with E-state index in [1.807, 2.05) is 7.05 Å². The highest BCUT2D eigenvalue weighted by atomic mass is 16.5. The van der Waals surface area contributed by atoms with Gasteiger partial charge in [0, 0.05) is 39.9 Å². The fourth-order valence-corrected chi connectivity index (χ4v) is 3.92. The van der Waals surface area contributed by atoms with E-state index in [2.05, 4.69) is 22.1 Å². The molecule has 1 saturated heterocycles. The van der Waals surface area contributed by atoms with Crippen molar-refractivity contribution in [2.24, 2.45) is 15.8 Å². The highest BCUT2D eigenvalue weighted by molar-refractivity contribution is 5.80. The lowest BCUT2D eigenvalue weighted by atomic mass is 9.68. The number of hydrogen-bond acceptors (Lipinski definition) is 2. The molecule has 21 heavy (non-hydrogen) atoms. The molecular weight excluding hydrogens is 262 g/mol. The fraction of sp³-hybridized carbons (Fsp3) is 0.941. The third-order valence-electron chi connectivity index (χ3n) is 5.92. The highest BCUT2D eigenvalue weighted by Crippen LogP contribution is 2.49. The summed E-state index contributed by atoms with van der Waals surface area (Å²) < 4.78 is 5.52. The number of likely N-dealkylation sites (tertiary alicyclic amines) is 1. The van der Waals surface area contributed by atoms with Crippen molar-refractivity contribution < 1.29 is 4.74 Å². The molecule has 1 spiro atoms. The van der Waals surface area contributed by atoms with Crippen LogP contribution in [0.25, 0.3) is 0 Å². The molecule has 3 fully saturated rings. The average molecular weight is 293 g/mol. The van der Waals surface area contributed by atoms with Gasteiger partial charge >= 0.3 is 0 Å². The van der Waals surface area contributed by atoms with Crippen LogP contribution in [0.1, 0.15) is 51.9 Å². The summed E-state index contributed by atoms with van der Waals surface area (Å²) in [7, 11) is 1.92. The van der Waals surface area contributed by atoms with E-state index in [9.17, 15) is 0 Å². The Kier molecular flexibility index (Phi) is 4.43. The van der Waals surface area contributed by atoms with E-state index < -0.39 is 0 Å². The molecule has 1 aliphatic heterocycles. The molecule has 0 unspecified atom stereocenters. The van der Waals surface area contributed by atoms with Crippen LogP contribution in [0.3, 0.4) is 0 Å². The number of rotatable bonds is 6. The van der Waals surface area contributed by atoms with Crippen molar-refractivity contribution >= 4 is 5.96 Å². The van der Waals surface area contributed by atoms with Crippen molar-refractivity contribution in [1.29, 1.82) is 0 Å². The minimum absolute atomic E-state index is 0.485. The van der Waals surface area contributed by atoms with Crippen LogP contribution < -0.4 is 5.32 Å². The quantitative estimate of drug-likeness (QED) is 0.465. The Labute approximate surface area is 129 Å². The molecule has 0 bridgehead atoms. The van der Waals surface area contributed by atoms with Crippen LogP contribution in [0.15, 0.2) is 4.99 Å². The summed E-state index contributed by atoms with van der Waals surface area (Å²) in [6.45, 7) is 7.29. The van der Waals surface area contributed by atoms with Gasteiger partial charge in [-0.3, -0.25) is 4.99 Å². The van der Waals surface area contributed by atoms with E-state index in [1.165, 1.54) is 58.0 Å². The smallest absolute Gasteiger partial charge is 0.193 e. The zero-order valence-electron chi connectivity index (χ0n) is 13.8. The van der Waals surface area contributed by atoms with Gasteiger partial charge in [-0.05, 0) is 56.3 Å². The number of hydrogen-bond donors (Lipinski definition) is 1. The molecule has 3 rings (SSSR count). The molecule has 1 heterocycles. The van der Waals surface area contributed by atoms with Crippen LogP contribution in [-0.2, 0) is 4.74 Å². The lowest BCUT2D eigenvalue weighted by Gasteiger charge is -2.38. The van der Waals surface area contributed by atoms with Crippen LogP contribution in [-0.4, -0.2) is 50.8 Å². The predicted octanol–water partition coefficient (Wildman–Crippen LogP) is 2.64. The number of aliphatic imine (C=N–C) groups is 1. The van der Waals surface area contributed by atoms with Gasteiger partial charge in [0.1, 0.15) is 0 Å². The topological polar surface area (TPSA) is 36.9 Å². The van der Waals surface area contributed by atoms with Gasteiger partial charge in [0.05, 0.1) is 0 Å². The maximum Gasteiger partial charge on any atom is 0.193 e. The summed E-state index contributed by atoms with van der Waals surface area (Å²) in [5.74, 6) is 1.13. The molecule has 0 aromatic rings. The van der Waals surface area contributed by atoms with Crippen molar-refractivity contribution in [2.45, 2.75) is 51.9 Å². The lowest BCUT2D eigenvalue weighted by Crippen LogP contribution is -2.44. The molecule has 0 aromatic heterocycles. The van der Waals surface area contributed by atoms with Gasteiger partial charge in [-0.1, -0.05) is 6.42 Å². The Balaban J connectivity index is 1.45. The molecule has 3 aliphatic rings. The molecular formula is C17H31N3O. The summed E-state index contributed by atoms with van der Waals surface area (Å²) in [5, 5.41) is 3.65. The Hall–Kier alpha value is -0.770. The highest BCUT2D eigenvalue weighted by Gasteiger charge is 2.45. The molecule has 2 saturated carbocycles. The average Bonchev–Trinajstić information content (AvgIpc) is 3.07. The number of nitrogens with one attached hydrogen (secondary N) is 1. The maximum atomic E-state index is 5.52. The van der Waals surface area contributed by atoms with Crippen molar-refractivity contribution in [3.63, 3.8) is 0 Å². The van der Waals surface area contributed by atoms with Gasteiger partial charge in [0.25, 0.3) is 0 Å². The molecule has 4 nitrogen and oxygen atoms in total. The number of guanidine groups is 1. The van der Waals surface area contributed by atoms with Crippen LogP contribution >= 0.6 is 0 Å². The van der Waals surface area contributed by atoms with Crippen molar-refractivity contribution in [3.05, 3.63) is 0 Å². The third kappa shape index (κ3) is 3.36. The molecule has 4 heteroatoms. The zero-order chi connectivity index (χ0) is 14.8. The molecule has 0 radical (unpaired) electrons. The van der Waals surface area contributed by atoms with E-state index >= 15 is 0 Å². The van der Waals surface area contributed by atoms with Gasteiger partial charge in [-0.15, -0.1) is 0 Å². The normalized spacial score (nSPS) is 26.0. The van der Waals surface area contributed by atoms with Gasteiger partial charge in [-0.2, -0.15) is 0 Å². The minimum Gasteiger partial charge on any atom is -0.382 e. The first-order chi connectivity index (χ1) is 10.2. The van der Waals surface area contributed by atoms with E-state index in [4.69, 9.17) is 4.74 Å². The van der Waals surface area contributed by atoms with E-state index in [-0.39, 0.29) is 0 Å². The monoisotopic (exact) mass is 293 g/mol. The molecule has 0 aromatic carbocycles. The predicted molar refractivity (Wildman–Crippen MR) is 86.6 cm³/mol. The van der Waals surface area contributed by atoms with Gasteiger partial charge in [0.15, 0.2) is 5.96 Å². The van der Waals surface area contributed by atoms with Crippen molar-refractivity contribution in [1.82, 2.24) is 10.2 Å². The zero-order valence-corrected chi connectivity index (χ0v) is 13.8. The Morgan fingerprint density at radius 3 is 2.57 bits per heavy atom. The standard InChI is InChI=1S/C17H31N3O/c1-3-21-12-10-16(7-8-16)13-19-15(18-2)20-11-9-17(14-20)5-4-6-17/h3-14H2,1-2H3,(H,18,19). The Bertz CT molecular complexity index is 385. The lowest BCUT2D eigenvalue weighted by molar-refractivity contribution is 0.128. The largest absolute Gasteiger partial charge is 0.382 e. The minimum atomic E-state index is 0.485. The summed E-state index contributed by atoms with van der Waals surface area (Å²) in [5.41, 5.74) is 1.13. The molecule has 2 aliphatic carbocycles. The third-order valence-corrected chi connectivity index (χ3v) is 5.92. The van der Waals surface area contributed by atoms with E-state index in [0.29, 0.717) is 10.8 Å². The second-order valence-electron chi connectivity index (χ2n) is 7.37. The van der Waals surface area contributed by atoms with Crippen LogP contribution in [0.2, 0.25) is 0 Å². The number of nitrogens with zero attached hydrogens (tertiary/aromatic N) is 2. The molecule has 1 N–H and O–H groups in total. The summed E-state index contributed by atoms with van der Waals surface area (Å²) in [6.07, 6.45) is 9.53. The van der Waals surface area contributed by atoms with Crippen LogP contribution in [0, 0.1) is 10.8 Å². The second-order valence-corrected chi connectivity index (χ2v) is 7.37. The van der Waals surface area contributed by atoms with E-state index in [1.54, 1.807) is 0 Å². The van der Waals surface area contributed by atoms with Gasteiger partial charge in [0.2, 0.25) is 0 Å². The SMILES string of the molecule is CCOCCC1(CNC(=NC)N2CCC3(CCC3)C2)CC1. The molecule has 0 amide bonds. The van der Waals surface area contributed by atoms with Crippen molar-refractivity contribution in [3.8, 4) is 0 Å². The second kappa shape index (κ2) is 6.15. The molecule has 120 valence electrons. The first-order valence-corrected chi connectivity index (χ1v) is 8.74. The van der Waals surface area contributed by atoms with Gasteiger partial charge in [-0.25, -0.2) is 0 Å². The summed E-state index contributed by atoms with van der Waals surface area (Å²) in [4.78, 5) is 7.01. The number of ether oxygens (including phenoxy) is 1. The van der Waals surface area contributed by atoms with Crippen LogP contribution in [0.4, 0.5) is 0 Å². The Morgan fingerprint density at radius 1 is 1.24 bits per heavy atom. The van der Waals surface area contributed by atoms with E-state index in [0.717, 1.165) is 25.7 Å². The van der Waals surface area contributed by atoms with Crippen molar-refractivity contribution in [2.75, 3.05) is 39.9 Å². The first-order valence-electron chi connectivity index (χ1n) is 8.74. The Morgan fingerprint density at radius 2 is 2.05 bits per heavy atom. The summed E-state index contributed by atoms with van der Waals surface area (Å²) in [6, 6.07) is 0. The molecule has 0 atom stereocenters. The van der Waals surface area contributed by atoms with Gasteiger partial charge < -0.3 is 15.0 Å².